The Balaban J connectivity index is 1.81. The third-order valence-corrected chi connectivity index (χ3v) is 4.58. The Hall–Kier alpha value is -0.940. The Kier molecular flexibility index (Phi) is 5.98. The molecule has 0 unspecified atom stereocenters. The molecular formula is C15H25N3OS. The Bertz CT molecular complexity index is 407. The van der Waals surface area contributed by atoms with Crippen molar-refractivity contribution in [3.63, 3.8) is 0 Å². The lowest BCUT2D eigenvalue weighted by Crippen LogP contribution is -2.44. The summed E-state index contributed by atoms with van der Waals surface area (Å²) in [5, 5.41) is 3.15. The normalized spacial score (nSPS) is 21.6. The zero-order chi connectivity index (χ0) is 14.4. The second-order valence-electron chi connectivity index (χ2n) is 5.75. The maximum absolute atomic E-state index is 12.3. The van der Waals surface area contributed by atoms with Gasteiger partial charge in [0.15, 0.2) is 0 Å². The number of hydrogen-bond donors (Lipinski definition) is 1. The highest BCUT2D eigenvalue weighted by Crippen LogP contribution is 2.20. The third kappa shape index (κ3) is 4.56. The first-order chi connectivity index (χ1) is 9.69. The quantitative estimate of drug-likeness (QED) is 0.877. The maximum atomic E-state index is 12.3. The number of likely N-dealkylation sites (tertiary alicyclic amines) is 1. The number of nitrogens with zero attached hydrogens (tertiary/aromatic N) is 2. The largest absolute Gasteiger partial charge is 0.353 e. The molecule has 0 bridgehead atoms. The standard InChI is InChI=1S/C15H25N3OS/c1-3-5-12(2)17-15(19)13-6-4-9-18(10-13)11-14-7-8-16-20-14/h7-8,12-13H,3-6,9-11H2,1-2H3,(H,17,19)/t12-,13-/m0/s1. The van der Waals surface area contributed by atoms with Crippen LogP contribution in [0.2, 0.25) is 0 Å². The van der Waals surface area contributed by atoms with E-state index in [9.17, 15) is 4.79 Å². The lowest BCUT2D eigenvalue weighted by molar-refractivity contribution is -0.127. The molecule has 1 fully saturated rings. The molecular weight excluding hydrogens is 270 g/mol. The van der Waals surface area contributed by atoms with Gasteiger partial charge in [0.2, 0.25) is 5.91 Å². The van der Waals surface area contributed by atoms with E-state index in [-0.39, 0.29) is 11.8 Å². The molecule has 20 heavy (non-hydrogen) atoms. The van der Waals surface area contributed by atoms with E-state index in [0.29, 0.717) is 6.04 Å². The molecule has 1 aromatic rings. The van der Waals surface area contributed by atoms with E-state index in [1.165, 1.54) is 4.88 Å². The molecule has 0 radical (unpaired) electrons. The van der Waals surface area contributed by atoms with Crippen LogP contribution in [0.3, 0.4) is 0 Å². The third-order valence-electron chi connectivity index (χ3n) is 3.86. The van der Waals surface area contributed by atoms with Crippen LogP contribution in [0.25, 0.3) is 0 Å². The second kappa shape index (κ2) is 7.74. The molecule has 112 valence electrons. The van der Waals surface area contributed by atoms with E-state index in [1.54, 1.807) is 11.5 Å². The van der Waals surface area contributed by atoms with Gasteiger partial charge in [-0.15, -0.1) is 0 Å². The summed E-state index contributed by atoms with van der Waals surface area (Å²) in [6.45, 7) is 7.15. The summed E-state index contributed by atoms with van der Waals surface area (Å²) in [7, 11) is 0. The topological polar surface area (TPSA) is 45.2 Å². The highest BCUT2D eigenvalue weighted by molar-refractivity contribution is 7.05. The first-order valence-electron chi connectivity index (χ1n) is 7.61. The number of aromatic nitrogens is 1. The molecule has 5 heteroatoms. The van der Waals surface area contributed by atoms with E-state index < -0.39 is 0 Å². The molecule has 1 aromatic heterocycles. The molecule has 1 amide bonds. The van der Waals surface area contributed by atoms with Gasteiger partial charge in [-0.3, -0.25) is 9.69 Å². The molecule has 2 atom stereocenters. The van der Waals surface area contributed by atoms with Crippen LogP contribution in [0, 0.1) is 5.92 Å². The molecule has 0 aromatic carbocycles. The lowest BCUT2D eigenvalue weighted by atomic mass is 9.96. The Labute approximate surface area is 125 Å². The zero-order valence-corrected chi connectivity index (χ0v) is 13.3. The minimum atomic E-state index is 0.149. The van der Waals surface area contributed by atoms with Gasteiger partial charge in [-0.05, 0) is 50.3 Å². The Morgan fingerprint density at radius 3 is 3.20 bits per heavy atom. The Morgan fingerprint density at radius 1 is 1.65 bits per heavy atom. The van der Waals surface area contributed by atoms with Crippen molar-refractivity contribution in [3.8, 4) is 0 Å². The number of hydrogen-bond acceptors (Lipinski definition) is 4. The summed E-state index contributed by atoms with van der Waals surface area (Å²) in [4.78, 5) is 15.9. The van der Waals surface area contributed by atoms with Gasteiger partial charge in [0, 0.05) is 30.2 Å². The van der Waals surface area contributed by atoms with E-state index in [4.69, 9.17) is 0 Å². The Morgan fingerprint density at radius 2 is 2.50 bits per heavy atom. The second-order valence-corrected chi connectivity index (χ2v) is 6.67. The fraction of sp³-hybridized carbons (Fsp3) is 0.733. The summed E-state index contributed by atoms with van der Waals surface area (Å²) < 4.78 is 4.14. The number of carbonyl (C=O) groups is 1. The van der Waals surface area contributed by atoms with Gasteiger partial charge in [0.1, 0.15) is 0 Å². The van der Waals surface area contributed by atoms with Gasteiger partial charge in [0.25, 0.3) is 0 Å². The van der Waals surface area contributed by atoms with Gasteiger partial charge < -0.3 is 5.32 Å². The van der Waals surface area contributed by atoms with Crippen molar-refractivity contribution in [1.82, 2.24) is 14.6 Å². The fourth-order valence-corrected chi connectivity index (χ4v) is 3.44. The molecule has 0 saturated carbocycles. The van der Waals surface area contributed by atoms with E-state index in [2.05, 4.69) is 34.5 Å². The molecule has 1 aliphatic rings. The van der Waals surface area contributed by atoms with Gasteiger partial charge in [0.05, 0.1) is 5.92 Å². The summed E-state index contributed by atoms with van der Waals surface area (Å²) >= 11 is 1.55. The number of amides is 1. The molecule has 1 N–H and O–H groups in total. The van der Waals surface area contributed by atoms with Crippen molar-refractivity contribution in [2.45, 2.75) is 52.1 Å². The number of carbonyl (C=O) groups excluding carboxylic acids is 1. The average Bonchev–Trinajstić information content (AvgIpc) is 2.92. The number of rotatable bonds is 6. The molecule has 4 nitrogen and oxygen atoms in total. The molecule has 1 aliphatic heterocycles. The predicted octanol–water partition coefficient (Wildman–Crippen LogP) is 2.66. The SMILES string of the molecule is CCC[C@H](C)NC(=O)[C@H]1CCCN(Cc2ccns2)C1. The smallest absolute Gasteiger partial charge is 0.224 e. The predicted molar refractivity (Wildman–Crippen MR) is 82.6 cm³/mol. The van der Waals surface area contributed by atoms with Crippen LogP contribution < -0.4 is 5.32 Å². The van der Waals surface area contributed by atoms with Crippen LogP contribution in [0.1, 0.15) is 44.4 Å². The maximum Gasteiger partial charge on any atom is 0.224 e. The van der Waals surface area contributed by atoms with Crippen molar-refractivity contribution in [2.75, 3.05) is 13.1 Å². The summed E-state index contributed by atoms with van der Waals surface area (Å²) in [6.07, 6.45) is 6.15. The molecule has 2 heterocycles. The summed E-state index contributed by atoms with van der Waals surface area (Å²) in [6, 6.07) is 2.36. The van der Waals surface area contributed by atoms with Crippen LogP contribution in [-0.4, -0.2) is 34.3 Å². The summed E-state index contributed by atoms with van der Waals surface area (Å²) in [5.41, 5.74) is 0. The van der Waals surface area contributed by atoms with Crippen molar-refractivity contribution < 1.29 is 4.79 Å². The van der Waals surface area contributed by atoms with Crippen molar-refractivity contribution in [3.05, 3.63) is 17.1 Å². The molecule has 2 rings (SSSR count). The van der Waals surface area contributed by atoms with Gasteiger partial charge >= 0.3 is 0 Å². The van der Waals surface area contributed by atoms with Crippen LogP contribution >= 0.6 is 11.5 Å². The van der Waals surface area contributed by atoms with Crippen LogP contribution in [0.4, 0.5) is 0 Å². The van der Waals surface area contributed by atoms with Crippen molar-refractivity contribution in [2.24, 2.45) is 5.92 Å². The van der Waals surface area contributed by atoms with Crippen LogP contribution in [0.5, 0.6) is 0 Å². The minimum Gasteiger partial charge on any atom is -0.353 e. The fourth-order valence-electron chi connectivity index (χ4n) is 2.82. The van der Waals surface area contributed by atoms with Crippen molar-refractivity contribution in [1.29, 1.82) is 0 Å². The lowest BCUT2D eigenvalue weighted by Gasteiger charge is -2.32. The van der Waals surface area contributed by atoms with Gasteiger partial charge in [-0.1, -0.05) is 13.3 Å². The molecule has 1 saturated heterocycles. The zero-order valence-electron chi connectivity index (χ0n) is 12.5. The minimum absolute atomic E-state index is 0.149. The van der Waals surface area contributed by atoms with Gasteiger partial charge in [-0.25, -0.2) is 4.37 Å². The summed E-state index contributed by atoms with van der Waals surface area (Å²) in [5.74, 6) is 0.385. The van der Waals surface area contributed by atoms with E-state index >= 15 is 0 Å². The highest BCUT2D eigenvalue weighted by atomic mass is 32.1. The first-order valence-corrected chi connectivity index (χ1v) is 8.38. The monoisotopic (exact) mass is 295 g/mol. The van der Waals surface area contributed by atoms with E-state index in [0.717, 1.165) is 45.3 Å². The first kappa shape index (κ1) is 15.4. The molecule has 0 spiro atoms. The van der Waals surface area contributed by atoms with E-state index in [1.807, 2.05) is 6.20 Å². The van der Waals surface area contributed by atoms with Crippen molar-refractivity contribution >= 4 is 17.4 Å². The molecule has 0 aliphatic carbocycles. The van der Waals surface area contributed by atoms with Crippen LogP contribution in [0.15, 0.2) is 12.3 Å². The number of piperidine rings is 1. The number of nitrogens with one attached hydrogen (secondary N) is 1. The average molecular weight is 295 g/mol. The van der Waals surface area contributed by atoms with Crippen LogP contribution in [-0.2, 0) is 11.3 Å². The van der Waals surface area contributed by atoms with Gasteiger partial charge in [-0.2, -0.15) is 0 Å². The highest BCUT2D eigenvalue weighted by Gasteiger charge is 2.26.